The van der Waals surface area contributed by atoms with Crippen molar-refractivity contribution in [2.24, 2.45) is 0 Å². The zero-order valence-corrected chi connectivity index (χ0v) is 23.3. The molecule has 4 aliphatic rings. The monoisotopic (exact) mass is 556 g/mol. The number of halogens is 2. The lowest BCUT2D eigenvalue weighted by molar-refractivity contribution is 1.07. The SMILES string of the molecule is CC1=Cc2c(Br)cccc2C1[Si](C)(C)C1=C(C)C=C2C1=CC1SC(C)=C(C)C1=C2Br. The number of thioether (sulfide) groups is 1. The lowest BCUT2D eigenvalue weighted by Gasteiger charge is -2.36. The highest BCUT2D eigenvalue weighted by Crippen LogP contribution is 2.56. The molecule has 4 heteroatoms. The number of benzene rings is 1. The van der Waals surface area contributed by atoms with E-state index in [-0.39, 0.29) is 0 Å². The van der Waals surface area contributed by atoms with E-state index in [1.165, 1.54) is 58.4 Å². The van der Waals surface area contributed by atoms with Crippen LogP contribution in [-0.2, 0) is 0 Å². The van der Waals surface area contributed by atoms with E-state index in [1.54, 1.807) is 5.20 Å². The Morgan fingerprint density at radius 2 is 1.70 bits per heavy atom. The van der Waals surface area contributed by atoms with Crippen molar-refractivity contribution in [3.63, 3.8) is 0 Å². The first kappa shape index (κ1) is 21.1. The summed E-state index contributed by atoms with van der Waals surface area (Å²) in [5.41, 5.74) is 12.2. The Hall–Kier alpha value is -0.813. The summed E-state index contributed by atoms with van der Waals surface area (Å²) in [6.07, 6.45) is 7.41. The highest BCUT2D eigenvalue weighted by Gasteiger charge is 2.46. The van der Waals surface area contributed by atoms with Gasteiger partial charge >= 0.3 is 0 Å². The highest BCUT2D eigenvalue weighted by molar-refractivity contribution is 9.12. The molecule has 2 atom stereocenters. The van der Waals surface area contributed by atoms with Crippen molar-refractivity contribution in [2.45, 2.75) is 51.6 Å². The van der Waals surface area contributed by atoms with Gasteiger partial charge < -0.3 is 0 Å². The number of fused-ring (bicyclic) bond motifs is 3. The fraction of sp³-hybridized carbons (Fsp3) is 0.308. The molecule has 1 aliphatic heterocycles. The van der Waals surface area contributed by atoms with E-state index in [4.69, 9.17) is 0 Å². The Morgan fingerprint density at radius 1 is 0.967 bits per heavy atom. The Bertz CT molecular complexity index is 1200. The molecular weight excluding hydrogens is 532 g/mol. The van der Waals surface area contributed by atoms with Gasteiger partial charge in [-0.25, -0.2) is 0 Å². The molecule has 1 aromatic rings. The van der Waals surface area contributed by atoms with Gasteiger partial charge in [0.2, 0.25) is 0 Å². The van der Waals surface area contributed by atoms with Crippen molar-refractivity contribution >= 4 is 57.8 Å². The Morgan fingerprint density at radius 3 is 2.43 bits per heavy atom. The molecule has 30 heavy (non-hydrogen) atoms. The summed E-state index contributed by atoms with van der Waals surface area (Å²) in [7, 11) is -1.85. The molecule has 0 spiro atoms. The van der Waals surface area contributed by atoms with Crippen LogP contribution in [0, 0.1) is 0 Å². The molecule has 0 radical (unpaired) electrons. The molecule has 0 saturated carbocycles. The van der Waals surface area contributed by atoms with Gasteiger partial charge in [-0.3, -0.25) is 0 Å². The summed E-state index contributed by atoms with van der Waals surface area (Å²) >= 11 is 9.81. The van der Waals surface area contributed by atoms with Gasteiger partial charge in [-0.1, -0.05) is 70.5 Å². The summed E-state index contributed by atoms with van der Waals surface area (Å²) in [5.74, 6) is 0. The molecular formula is C26H26Br2SSi. The Kier molecular flexibility index (Phi) is 4.98. The molecule has 0 nitrogen and oxygen atoms in total. The van der Waals surface area contributed by atoms with Gasteiger partial charge in [0, 0.05) is 14.5 Å². The first-order valence-corrected chi connectivity index (χ1v) is 16.0. The maximum atomic E-state index is 4.02. The third-order valence-electron chi connectivity index (χ3n) is 7.22. The van der Waals surface area contributed by atoms with Crippen LogP contribution in [0.4, 0.5) is 0 Å². The van der Waals surface area contributed by atoms with Crippen molar-refractivity contribution in [2.75, 3.05) is 0 Å². The van der Waals surface area contributed by atoms with Gasteiger partial charge in [-0.05, 0) is 93.2 Å². The fourth-order valence-electron chi connectivity index (χ4n) is 5.98. The number of hydrogen-bond donors (Lipinski definition) is 0. The van der Waals surface area contributed by atoms with E-state index in [0.717, 1.165) is 0 Å². The molecule has 0 fully saturated rings. The molecule has 0 bridgehead atoms. The molecule has 154 valence electrons. The van der Waals surface area contributed by atoms with Crippen LogP contribution in [0.1, 0.15) is 44.4 Å². The topological polar surface area (TPSA) is 0 Å². The molecule has 1 heterocycles. The summed E-state index contributed by atoms with van der Waals surface area (Å²) in [5, 5.41) is 2.08. The number of hydrogen-bond acceptors (Lipinski definition) is 1. The third kappa shape index (κ3) is 2.83. The number of rotatable bonds is 2. The van der Waals surface area contributed by atoms with Crippen LogP contribution in [0.3, 0.4) is 0 Å². The predicted molar refractivity (Wildman–Crippen MR) is 143 cm³/mol. The average Bonchev–Trinajstić information content (AvgIpc) is 3.28. The average molecular weight is 558 g/mol. The molecule has 0 amide bonds. The van der Waals surface area contributed by atoms with Crippen molar-refractivity contribution in [3.05, 3.63) is 94.0 Å². The minimum atomic E-state index is -1.85. The van der Waals surface area contributed by atoms with Crippen LogP contribution >= 0.6 is 43.6 Å². The van der Waals surface area contributed by atoms with E-state index < -0.39 is 8.07 Å². The van der Waals surface area contributed by atoms with Gasteiger partial charge in [0.15, 0.2) is 0 Å². The number of allylic oxidation sites excluding steroid dienone is 9. The summed E-state index contributed by atoms with van der Waals surface area (Å²) in [4.78, 5) is 1.46. The molecule has 0 N–H and O–H groups in total. The largest absolute Gasteiger partial charge is 0.118 e. The van der Waals surface area contributed by atoms with Gasteiger partial charge in [0.05, 0.1) is 13.3 Å². The van der Waals surface area contributed by atoms with E-state index >= 15 is 0 Å². The first-order chi connectivity index (χ1) is 14.1. The standard InChI is InChI=1S/C26H26Br2SSi/c1-13-10-18-17(8-7-9-21(18)27)25(13)30(5,6)26-14(2)11-19-20(26)12-22-23(24(19)28)15(3)16(4)29-22/h7-12,22,25H,1-6H3. The van der Waals surface area contributed by atoms with E-state index in [9.17, 15) is 0 Å². The van der Waals surface area contributed by atoms with Crippen molar-refractivity contribution in [3.8, 4) is 0 Å². The van der Waals surface area contributed by atoms with Crippen LogP contribution in [0.5, 0.6) is 0 Å². The maximum absolute atomic E-state index is 4.02. The zero-order valence-electron chi connectivity index (χ0n) is 18.3. The van der Waals surface area contributed by atoms with Crippen molar-refractivity contribution in [1.82, 2.24) is 0 Å². The molecule has 3 aliphatic carbocycles. The molecule has 1 aromatic carbocycles. The maximum Gasteiger partial charge on any atom is 0.0934 e. The second-order valence-electron chi connectivity index (χ2n) is 9.43. The van der Waals surface area contributed by atoms with Crippen LogP contribution in [0.25, 0.3) is 6.08 Å². The Labute approximate surface area is 202 Å². The third-order valence-corrected chi connectivity index (χ3v) is 14.2. The van der Waals surface area contributed by atoms with Crippen LogP contribution in [0.2, 0.25) is 13.1 Å². The summed E-state index contributed by atoms with van der Waals surface area (Å²) in [6.45, 7) is 14.3. The lowest BCUT2D eigenvalue weighted by atomic mass is 9.92. The summed E-state index contributed by atoms with van der Waals surface area (Å²) < 4.78 is 2.53. The van der Waals surface area contributed by atoms with Crippen molar-refractivity contribution < 1.29 is 0 Å². The second kappa shape index (κ2) is 7.10. The van der Waals surface area contributed by atoms with Gasteiger partial charge in [0.25, 0.3) is 0 Å². The van der Waals surface area contributed by atoms with Gasteiger partial charge in [0.1, 0.15) is 0 Å². The first-order valence-electron chi connectivity index (χ1n) is 10.5. The highest BCUT2D eigenvalue weighted by atomic mass is 79.9. The normalized spacial score (nSPS) is 25.4. The van der Waals surface area contributed by atoms with Gasteiger partial charge in [-0.2, -0.15) is 0 Å². The quantitative estimate of drug-likeness (QED) is 0.327. The molecule has 2 unspecified atom stereocenters. The molecule has 0 saturated heterocycles. The van der Waals surface area contributed by atoms with E-state index in [0.29, 0.717) is 10.8 Å². The van der Waals surface area contributed by atoms with Crippen molar-refractivity contribution in [1.29, 1.82) is 0 Å². The minimum absolute atomic E-state index is 0.443. The molecule has 0 aromatic heterocycles. The van der Waals surface area contributed by atoms with E-state index in [2.05, 4.69) is 109 Å². The lowest BCUT2D eigenvalue weighted by Crippen LogP contribution is -2.39. The molecule has 5 rings (SSSR count). The second-order valence-corrected chi connectivity index (χ2v) is 17.0. The summed E-state index contributed by atoms with van der Waals surface area (Å²) in [6, 6.07) is 6.71. The zero-order chi connectivity index (χ0) is 21.5. The van der Waals surface area contributed by atoms with Crippen LogP contribution < -0.4 is 0 Å². The van der Waals surface area contributed by atoms with Crippen LogP contribution in [0.15, 0.2) is 82.8 Å². The van der Waals surface area contributed by atoms with E-state index in [1.807, 2.05) is 11.8 Å². The van der Waals surface area contributed by atoms with Gasteiger partial charge in [-0.15, -0.1) is 11.8 Å². The van der Waals surface area contributed by atoms with Crippen LogP contribution in [-0.4, -0.2) is 13.3 Å². The fourth-order valence-corrected chi connectivity index (χ4v) is 13.3. The smallest absolute Gasteiger partial charge is 0.0934 e. The Balaban J connectivity index is 1.62. The predicted octanol–water partition coefficient (Wildman–Crippen LogP) is 8.99. The minimum Gasteiger partial charge on any atom is -0.118 e.